The second kappa shape index (κ2) is 4.98. The van der Waals surface area contributed by atoms with Crippen LogP contribution in [0.15, 0.2) is 18.2 Å². The highest BCUT2D eigenvalue weighted by molar-refractivity contribution is 5.56. The number of nitro benzene ring substituents is 1. The van der Waals surface area contributed by atoms with Crippen LogP contribution in [0.5, 0.6) is 0 Å². The fourth-order valence-electron chi connectivity index (χ4n) is 3.89. The number of nitrogens with zero attached hydrogens (tertiary/aromatic N) is 1. The maximum Gasteiger partial charge on any atom is 0.274 e. The van der Waals surface area contributed by atoms with Gasteiger partial charge < -0.3 is 10.1 Å². The van der Waals surface area contributed by atoms with E-state index >= 15 is 0 Å². The average Bonchev–Trinajstić information content (AvgIpc) is 2.46. The topological polar surface area (TPSA) is 64.4 Å². The van der Waals surface area contributed by atoms with E-state index in [4.69, 9.17) is 4.74 Å². The molecule has 1 saturated carbocycles. The summed E-state index contributed by atoms with van der Waals surface area (Å²) in [5, 5.41) is 14.6. The van der Waals surface area contributed by atoms with E-state index < -0.39 is 0 Å². The van der Waals surface area contributed by atoms with Gasteiger partial charge in [0.05, 0.1) is 11.0 Å². The monoisotopic (exact) mass is 290 g/mol. The zero-order chi connectivity index (χ0) is 15.2. The molecule has 2 aliphatic rings. The first kappa shape index (κ1) is 14.3. The van der Waals surface area contributed by atoms with E-state index in [9.17, 15) is 10.1 Å². The standard InChI is InChI=1S/C16H22N2O3/c1-10-6-7-11(9-13(10)18(19)20)17-14-12-5-4-8-21-15(12)16(14,2)3/h6-7,9,12,14-15,17H,4-5,8H2,1-3H3. The van der Waals surface area contributed by atoms with Crippen molar-refractivity contribution in [3.05, 3.63) is 33.9 Å². The minimum absolute atomic E-state index is 0.0603. The van der Waals surface area contributed by atoms with E-state index in [2.05, 4.69) is 19.2 Å². The number of rotatable bonds is 3. The first-order chi connectivity index (χ1) is 9.91. The molecule has 1 heterocycles. The second-order valence-electron chi connectivity index (χ2n) is 6.80. The lowest BCUT2D eigenvalue weighted by molar-refractivity contribution is -0.385. The Morgan fingerprint density at radius 1 is 1.43 bits per heavy atom. The van der Waals surface area contributed by atoms with Crippen molar-refractivity contribution in [3.8, 4) is 0 Å². The zero-order valence-electron chi connectivity index (χ0n) is 12.8. The van der Waals surface area contributed by atoms with Crippen molar-refractivity contribution in [1.82, 2.24) is 0 Å². The fraction of sp³-hybridized carbons (Fsp3) is 0.625. The van der Waals surface area contributed by atoms with Crippen LogP contribution in [0.4, 0.5) is 11.4 Å². The largest absolute Gasteiger partial charge is 0.381 e. The van der Waals surface area contributed by atoms with Crippen molar-refractivity contribution in [3.63, 3.8) is 0 Å². The van der Waals surface area contributed by atoms with Crippen molar-refractivity contribution in [1.29, 1.82) is 0 Å². The lowest BCUT2D eigenvalue weighted by Gasteiger charge is -2.60. The average molecular weight is 290 g/mol. The lowest BCUT2D eigenvalue weighted by Crippen LogP contribution is -2.67. The number of hydrogen-bond donors (Lipinski definition) is 1. The fourth-order valence-corrected chi connectivity index (χ4v) is 3.89. The van der Waals surface area contributed by atoms with Gasteiger partial charge in [-0.3, -0.25) is 10.1 Å². The van der Waals surface area contributed by atoms with Crippen molar-refractivity contribution in [2.75, 3.05) is 11.9 Å². The number of fused-ring (bicyclic) bond motifs is 1. The summed E-state index contributed by atoms with van der Waals surface area (Å²) in [5.41, 5.74) is 1.75. The maximum atomic E-state index is 11.1. The van der Waals surface area contributed by atoms with Gasteiger partial charge in [0.2, 0.25) is 0 Å². The van der Waals surface area contributed by atoms with E-state index in [1.165, 1.54) is 6.42 Å². The van der Waals surface area contributed by atoms with E-state index in [-0.39, 0.29) is 16.0 Å². The van der Waals surface area contributed by atoms with Gasteiger partial charge in [-0.25, -0.2) is 0 Å². The molecule has 114 valence electrons. The van der Waals surface area contributed by atoms with Gasteiger partial charge in [0, 0.05) is 41.3 Å². The van der Waals surface area contributed by atoms with Crippen LogP contribution in [0.2, 0.25) is 0 Å². The molecule has 1 aliphatic carbocycles. The van der Waals surface area contributed by atoms with Crippen LogP contribution in [-0.4, -0.2) is 23.7 Å². The summed E-state index contributed by atoms with van der Waals surface area (Å²) < 4.78 is 5.89. The molecule has 2 fully saturated rings. The summed E-state index contributed by atoms with van der Waals surface area (Å²) in [4.78, 5) is 10.7. The highest BCUT2D eigenvalue weighted by Crippen LogP contribution is 2.52. The molecule has 0 aromatic heterocycles. The summed E-state index contributed by atoms with van der Waals surface area (Å²) in [7, 11) is 0. The van der Waals surface area contributed by atoms with Crippen LogP contribution >= 0.6 is 0 Å². The predicted molar refractivity (Wildman–Crippen MR) is 81.5 cm³/mol. The Balaban J connectivity index is 1.80. The molecule has 0 bridgehead atoms. The molecule has 0 spiro atoms. The third-order valence-electron chi connectivity index (χ3n) is 5.06. The number of nitrogens with one attached hydrogen (secondary N) is 1. The quantitative estimate of drug-likeness (QED) is 0.683. The van der Waals surface area contributed by atoms with Crippen LogP contribution in [-0.2, 0) is 4.74 Å². The molecule has 3 unspecified atom stereocenters. The van der Waals surface area contributed by atoms with E-state index in [0.717, 1.165) is 18.7 Å². The Hall–Kier alpha value is -1.62. The van der Waals surface area contributed by atoms with Crippen LogP contribution in [0.3, 0.4) is 0 Å². The number of anilines is 1. The van der Waals surface area contributed by atoms with E-state index in [1.54, 1.807) is 19.1 Å². The van der Waals surface area contributed by atoms with Gasteiger partial charge in [0.25, 0.3) is 5.69 Å². The van der Waals surface area contributed by atoms with E-state index in [0.29, 0.717) is 23.6 Å². The summed E-state index contributed by atoms with van der Waals surface area (Å²) >= 11 is 0. The van der Waals surface area contributed by atoms with Crippen molar-refractivity contribution in [2.45, 2.75) is 45.8 Å². The number of ether oxygens (including phenoxy) is 1. The van der Waals surface area contributed by atoms with Crippen LogP contribution in [0.25, 0.3) is 0 Å². The molecule has 1 saturated heterocycles. The van der Waals surface area contributed by atoms with Gasteiger partial charge >= 0.3 is 0 Å². The molecule has 1 aromatic carbocycles. The molecule has 0 radical (unpaired) electrons. The molecule has 5 nitrogen and oxygen atoms in total. The van der Waals surface area contributed by atoms with Crippen molar-refractivity contribution in [2.24, 2.45) is 11.3 Å². The number of aryl methyl sites for hydroxylation is 1. The zero-order valence-corrected chi connectivity index (χ0v) is 12.8. The second-order valence-corrected chi connectivity index (χ2v) is 6.80. The Morgan fingerprint density at radius 2 is 2.19 bits per heavy atom. The lowest BCUT2D eigenvalue weighted by atomic mass is 9.55. The highest BCUT2D eigenvalue weighted by atomic mass is 16.6. The van der Waals surface area contributed by atoms with Gasteiger partial charge in [-0.15, -0.1) is 0 Å². The SMILES string of the molecule is Cc1ccc(NC2C3CCCOC3C2(C)C)cc1[N+](=O)[O-]. The molecular weight excluding hydrogens is 268 g/mol. The number of nitro groups is 1. The minimum Gasteiger partial charge on any atom is -0.381 e. The highest BCUT2D eigenvalue weighted by Gasteiger charge is 2.57. The van der Waals surface area contributed by atoms with Crippen molar-refractivity contribution < 1.29 is 9.66 Å². The van der Waals surface area contributed by atoms with Gasteiger partial charge in [0.1, 0.15) is 0 Å². The molecule has 3 atom stereocenters. The third kappa shape index (κ3) is 2.29. The molecular formula is C16H22N2O3. The predicted octanol–water partition coefficient (Wildman–Crippen LogP) is 3.52. The minimum atomic E-state index is -0.320. The first-order valence-electron chi connectivity index (χ1n) is 7.54. The molecule has 1 aromatic rings. The Morgan fingerprint density at radius 3 is 2.90 bits per heavy atom. The molecule has 21 heavy (non-hydrogen) atoms. The summed E-state index contributed by atoms with van der Waals surface area (Å²) in [6.07, 6.45) is 2.58. The van der Waals surface area contributed by atoms with Crippen LogP contribution in [0.1, 0.15) is 32.3 Å². The molecule has 0 amide bonds. The first-order valence-corrected chi connectivity index (χ1v) is 7.54. The number of benzene rings is 1. The summed E-state index contributed by atoms with van der Waals surface area (Å²) in [6.45, 7) is 7.03. The maximum absolute atomic E-state index is 11.1. The summed E-state index contributed by atoms with van der Waals surface area (Å²) in [6, 6.07) is 5.68. The summed E-state index contributed by atoms with van der Waals surface area (Å²) in [5.74, 6) is 0.508. The smallest absolute Gasteiger partial charge is 0.274 e. The molecule has 1 aliphatic heterocycles. The van der Waals surface area contributed by atoms with Crippen LogP contribution in [0, 0.1) is 28.4 Å². The third-order valence-corrected chi connectivity index (χ3v) is 5.06. The van der Waals surface area contributed by atoms with Gasteiger partial charge in [0.15, 0.2) is 0 Å². The molecule has 1 N–H and O–H groups in total. The van der Waals surface area contributed by atoms with Crippen molar-refractivity contribution >= 4 is 11.4 Å². The normalized spacial score (nSPS) is 30.1. The Bertz CT molecular complexity index is 571. The number of hydrogen-bond acceptors (Lipinski definition) is 4. The van der Waals surface area contributed by atoms with Gasteiger partial charge in [-0.05, 0) is 25.8 Å². The Kier molecular flexibility index (Phi) is 3.40. The van der Waals surface area contributed by atoms with E-state index in [1.807, 2.05) is 6.07 Å². The molecule has 3 rings (SSSR count). The molecule has 5 heteroatoms. The van der Waals surface area contributed by atoms with Crippen LogP contribution < -0.4 is 5.32 Å². The van der Waals surface area contributed by atoms with Gasteiger partial charge in [-0.2, -0.15) is 0 Å². The Labute approximate surface area is 124 Å². The van der Waals surface area contributed by atoms with Gasteiger partial charge in [-0.1, -0.05) is 19.9 Å².